The van der Waals surface area contributed by atoms with Crippen LogP contribution in [0.1, 0.15) is 10.6 Å². The van der Waals surface area contributed by atoms with E-state index < -0.39 is 0 Å². The highest BCUT2D eigenvalue weighted by atomic mass is 32.1. The summed E-state index contributed by atoms with van der Waals surface area (Å²) in [7, 11) is 0. The molecule has 23 heavy (non-hydrogen) atoms. The predicted octanol–water partition coefficient (Wildman–Crippen LogP) is 2.57. The first-order valence-electron chi connectivity index (χ1n) is 6.90. The molecule has 110 valence electrons. The van der Waals surface area contributed by atoms with E-state index in [1.54, 1.807) is 16.0 Å². The minimum absolute atomic E-state index is 0.243. The molecule has 0 aliphatic heterocycles. The number of nitrogens with zero attached hydrogens (tertiary/aromatic N) is 3. The highest BCUT2D eigenvalue weighted by molar-refractivity contribution is 7.10. The van der Waals surface area contributed by atoms with Gasteiger partial charge in [0.05, 0.1) is 16.9 Å². The number of para-hydroxylation sites is 1. The monoisotopic (exact) mass is 318 g/mol. The Labute approximate surface area is 135 Å². The molecule has 0 amide bonds. The van der Waals surface area contributed by atoms with Gasteiger partial charge in [-0.3, -0.25) is 4.79 Å². The lowest BCUT2D eigenvalue weighted by atomic mass is 10.3. The Bertz CT molecular complexity index is 1080. The van der Waals surface area contributed by atoms with E-state index in [4.69, 9.17) is 0 Å². The molecule has 0 atom stereocenters. The topological polar surface area (TPSA) is 63.6 Å². The Hall–Kier alpha value is -3.17. The van der Waals surface area contributed by atoms with E-state index in [0.29, 0.717) is 16.7 Å². The standard InChI is InChI=1S/C17H10N4OS/c22-17-15-14(9-8-13-7-4-10-23-13)20-21(16(15)18-11-19-17)12-5-2-1-3-6-12/h1-7,10-11H,(H,18,19,22). The predicted molar refractivity (Wildman–Crippen MR) is 89.8 cm³/mol. The molecule has 0 aliphatic rings. The lowest BCUT2D eigenvalue weighted by Crippen LogP contribution is -2.07. The molecule has 0 aliphatic carbocycles. The molecule has 5 nitrogen and oxygen atoms in total. The van der Waals surface area contributed by atoms with Gasteiger partial charge in [-0.2, -0.15) is 5.10 Å². The average Bonchev–Trinajstić information content (AvgIpc) is 3.22. The molecule has 3 heterocycles. The number of H-pyrrole nitrogens is 1. The fraction of sp³-hybridized carbons (Fsp3) is 0. The maximum absolute atomic E-state index is 12.2. The van der Waals surface area contributed by atoms with Gasteiger partial charge in [-0.05, 0) is 35.4 Å². The number of nitrogens with one attached hydrogen (secondary N) is 1. The van der Waals surface area contributed by atoms with Gasteiger partial charge in [0.25, 0.3) is 5.56 Å². The number of aromatic amines is 1. The highest BCUT2D eigenvalue weighted by Gasteiger charge is 2.14. The van der Waals surface area contributed by atoms with Crippen molar-refractivity contribution in [1.82, 2.24) is 19.7 Å². The van der Waals surface area contributed by atoms with E-state index in [1.807, 2.05) is 47.8 Å². The molecule has 1 aromatic carbocycles. The van der Waals surface area contributed by atoms with Crippen molar-refractivity contribution in [3.8, 4) is 17.5 Å². The van der Waals surface area contributed by atoms with Crippen molar-refractivity contribution in [3.63, 3.8) is 0 Å². The zero-order valence-electron chi connectivity index (χ0n) is 11.9. The first-order valence-corrected chi connectivity index (χ1v) is 7.78. The maximum Gasteiger partial charge on any atom is 0.263 e. The van der Waals surface area contributed by atoms with Gasteiger partial charge in [0.1, 0.15) is 5.39 Å². The van der Waals surface area contributed by atoms with E-state index >= 15 is 0 Å². The molecule has 0 bridgehead atoms. The number of hydrogen-bond donors (Lipinski definition) is 1. The molecular weight excluding hydrogens is 308 g/mol. The first kappa shape index (κ1) is 13.5. The number of hydrogen-bond acceptors (Lipinski definition) is 4. The van der Waals surface area contributed by atoms with Crippen molar-refractivity contribution >= 4 is 22.4 Å². The quantitative estimate of drug-likeness (QED) is 0.549. The maximum atomic E-state index is 12.2. The van der Waals surface area contributed by atoms with Gasteiger partial charge in [0, 0.05) is 0 Å². The molecule has 3 aromatic heterocycles. The summed E-state index contributed by atoms with van der Waals surface area (Å²) >= 11 is 1.55. The van der Waals surface area contributed by atoms with E-state index in [-0.39, 0.29) is 5.56 Å². The van der Waals surface area contributed by atoms with Crippen LogP contribution in [0.2, 0.25) is 0 Å². The number of rotatable bonds is 1. The van der Waals surface area contributed by atoms with E-state index in [0.717, 1.165) is 10.6 Å². The van der Waals surface area contributed by atoms with Crippen LogP contribution in [0.15, 0.2) is 59.0 Å². The number of benzene rings is 1. The smallest absolute Gasteiger partial charge is 0.263 e. The largest absolute Gasteiger partial charge is 0.312 e. The minimum Gasteiger partial charge on any atom is -0.312 e. The van der Waals surface area contributed by atoms with Crippen LogP contribution in [0.5, 0.6) is 0 Å². The van der Waals surface area contributed by atoms with Crippen molar-refractivity contribution < 1.29 is 0 Å². The summed E-state index contributed by atoms with van der Waals surface area (Å²) in [6.45, 7) is 0. The lowest BCUT2D eigenvalue weighted by molar-refractivity contribution is 0.888. The van der Waals surface area contributed by atoms with Crippen LogP contribution in [-0.4, -0.2) is 19.7 Å². The highest BCUT2D eigenvalue weighted by Crippen LogP contribution is 2.16. The Morgan fingerprint density at radius 1 is 1.09 bits per heavy atom. The number of fused-ring (bicyclic) bond motifs is 1. The second-order valence-electron chi connectivity index (χ2n) is 4.75. The zero-order valence-corrected chi connectivity index (χ0v) is 12.7. The molecule has 0 fully saturated rings. The van der Waals surface area contributed by atoms with Crippen molar-refractivity contribution in [3.05, 3.63) is 75.1 Å². The third kappa shape index (κ3) is 2.43. The van der Waals surface area contributed by atoms with Gasteiger partial charge < -0.3 is 4.98 Å². The molecule has 0 spiro atoms. The second kappa shape index (κ2) is 5.55. The average molecular weight is 318 g/mol. The minimum atomic E-state index is -0.243. The van der Waals surface area contributed by atoms with E-state index in [2.05, 4.69) is 26.9 Å². The summed E-state index contributed by atoms with van der Waals surface area (Å²) in [4.78, 5) is 20.0. The third-order valence-electron chi connectivity index (χ3n) is 3.30. The molecular formula is C17H10N4OS. The van der Waals surface area contributed by atoms with Gasteiger partial charge in [-0.1, -0.05) is 24.3 Å². The lowest BCUT2D eigenvalue weighted by Gasteiger charge is -2.00. The fourth-order valence-corrected chi connectivity index (χ4v) is 2.84. The Balaban J connectivity index is 1.97. The summed E-state index contributed by atoms with van der Waals surface area (Å²) in [5, 5.41) is 6.85. The second-order valence-corrected chi connectivity index (χ2v) is 5.70. The van der Waals surface area contributed by atoms with Crippen LogP contribution in [0.3, 0.4) is 0 Å². The van der Waals surface area contributed by atoms with Crippen LogP contribution in [0.4, 0.5) is 0 Å². The van der Waals surface area contributed by atoms with Gasteiger partial charge in [0.2, 0.25) is 0 Å². The molecule has 0 unspecified atom stereocenters. The number of aromatic nitrogens is 4. The summed E-state index contributed by atoms with van der Waals surface area (Å²) in [5.74, 6) is 6.03. The van der Waals surface area contributed by atoms with Gasteiger partial charge in [-0.25, -0.2) is 9.67 Å². The summed E-state index contributed by atoms with van der Waals surface area (Å²) in [6.07, 6.45) is 1.38. The first-order chi connectivity index (χ1) is 11.3. The van der Waals surface area contributed by atoms with Crippen molar-refractivity contribution in [2.45, 2.75) is 0 Å². The zero-order chi connectivity index (χ0) is 15.6. The fourth-order valence-electron chi connectivity index (χ4n) is 2.27. The molecule has 0 saturated carbocycles. The number of thiophene rings is 1. The van der Waals surface area contributed by atoms with Crippen LogP contribution >= 0.6 is 11.3 Å². The van der Waals surface area contributed by atoms with Crippen molar-refractivity contribution in [2.75, 3.05) is 0 Å². The van der Waals surface area contributed by atoms with Crippen LogP contribution in [0, 0.1) is 11.8 Å². The Morgan fingerprint density at radius 2 is 1.96 bits per heavy atom. The molecule has 0 radical (unpaired) electrons. The van der Waals surface area contributed by atoms with Crippen molar-refractivity contribution in [1.29, 1.82) is 0 Å². The Kier molecular flexibility index (Phi) is 3.26. The van der Waals surface area contributed by atoms with Crippen LogP contribution in [-0.2, 0) is 0 Å². The van der Waals surface area contributed by atoms with E-state index in [1.165, 1.54) is 6.33 Å². The molecule has 1 N–H and O–H groups in total. The normalized spacial score (nSPS) is 10.4. The van der Waals surface area contributed by atoms with Gasteiger partial charge >= 0.3 is 0 Å². The summed E-state index contributed by atoms with van der Waals surface area (Å²) in [5.41, 5.74) is 1.51. The van der Waals surface area contributed by atoms with Gasteiger partial charge in [0.15, 0.2) is 11.3 Å². The molecule has 4 aromatic rings. The van der Waals surface area contributed by atoms with E-state index in [9.17, 15) is 4.79 Å². The van der Waals surface area contributed by atoms with Gasteiger partial charge in [-0.15, -0.1) is 11.3 Å². The summed E-state index contributed by atoms with van der Waals surface area (Å²) in [6, 6.07) is 13.4. The Morgan fingerprint density at radius 3 is 2.74 bits per heavy atom. The molecule has 0 saturated heterocycles. The summed E-state index contributed by atoms with van der Waals surface area (Å²) < 4.78 is 1.64. The van der Waals surface area contributed by atoms with Crippen LogP contribution in [0.25, 0.3) is 16.7 Å². The van der Waals surface area contributed by atoms with Crippen LogP contribution < -0.4 is 5.56 Å². The SMILES string of the molecule is O=c1[nH]cnc2c1c(C#Cc1cccs1)nn2-c1ccccc1. The molecule has 4 rings (SSSR count). The molecule has 6 heteroatoms. The third-order valence-corrected chi connectivity index (χ3v) is 4.08. The van der Waals surface area contributed by atoms with Crippen molar-refractivity contribution in [2.24, 2.45) is 0 Å².